The maximum Gasteiger partial charge on any atom is 0.0342 e. The zero-order chi connectivity index (χ0) is 9.40. The SMILES string of the molecule is CC.CNCCN(C)C1CNC1. The zero-order valence-electron chi connectivity index (χ0n) is 8.85. The summed E-state index contributed by atoms with van der Waals surface area (Å²) in [6, 6.07) is 0.786. The highest BCUT2D eigenvalue weighted by Gasteiger charge is 2.20. The van der Waals surface area contributed by atoms with E-state index in [2.05, 4.69) is 22.6 Å². The fraction of sp³-hybridized carbons (Fsp3) is 1.00. The van der Waals surface area contributed by atoms with E-state index in [0.29, 0.717) is 0 Å². The summed E-state index contributed by atoms with van der Waals surface area (Å²) >= 11 is 0. The summed E-state index contributed by atoms with van der Waals surface area (Å²) < 4.78 is 0. The smallest absolute Gasteiger partial charge is 0.0342 e. The highest BCUT2D eigenvalue weighted by atomic mass is 15.2. The predicted molar refractivity (Wildman–Crippen MR) is 54.6 cm³/mol. The Hall–Kier alpha value is -0.120. The summed E-state index contributed by atoms with van der Waals surface area (Å²) in [5.41, 5.74) is 0. The number of rotatable bonds is 4. The number of nitrogens with zero attached hydrogens (tertiary/aromatic N) is 1. The van der Waals surface area contributed by atoms with Gasteiger partial charge in [-0.15, -0.1) is 0 Å². The van der Waals surface area contributed by atoms with Crippen LogP contribution < -0.4 is 10.6 Å². The molecule has 0 bridgehead atoms. The lowest BCUT2D eigenvalue weighted by atomic mass is 10.1. The van der Waals surface area contributed by atoms with Gasteiger partial charge in [-0.25, -0.2) is 0 Å². The Labute approximate surface area is 76.5 Å². The van der Waals surface area contributed by atoms with E-state index >= 15 is 0 Å². The van der Waals surface area contributed by atoms with Crippen molar-refractivity contribution >= 4 is 0 Å². The van der Waals surface area contributed by atoms with E-state index in [9.17, 15) is 0 Å². The molecule has 0 radical (unpaired) electrons. The third-order valence-corrected chi connectivity index (χ3v) is 2.10. The molecule has 1 heterocycles. The Morgan fingerprint density at radius 3 is 2.33 bits per heavy atom. The van der Waals surface area contributed by atoms with Crippen LogP contribution in [0.3, 0.4) is 0 Å². The van der Waals surface area contributed by atoms with Crippen molar-refractivity contribution in [2.24, 2.45) is 0 Å². The van der Waals surface area contributed by atoms with Crippen LogP contribution in [-0.4, -0.2) is 51.2 Å². The third-order valence-electron chi connectivity index (χ3n) is 2.10. The average Bonchev–Trinajstić information content (AvgIpc) is 2.01. The minimum Gasteiger partial charge on any atom is -0.318 e. The van der Waals surface area contributed by atoms with Crippen LogP contribution in [0.5, 0.6) is 0 Å². The fourth-order valence-corrected chi connectivity index (χ4v) is 1.06. The van der Waals surface area contributed by atoms with Gasteiger partial charge in [0.25, 0.3) is 0 Å². The lowest BCUT2D eigenvalue weighted by Crippen LogP contribution is -2.56. The molecular weight excluding hydrogens is 150 g/mol. The molecule has 1 fully saturated rings. The van der Waals surface area contributed by atoms with Crippen LogP contribution in [0.15, 0.2) is 0 Å². The average molecular weight is 173 g/mol. The molecule has 0 unspecified atom stereocenters. The molecule has 3 heteroatoms. The van der Waals surface area contributed by atoms with Gasteiger partial charge in [0, 0.05) is 32.2 Å². The van der Waals surface area contributed by atoms with Crippen molar-refractivity contribution in [2.45, 2.75) is 19.9 Å². The normalized spacial score (nSPS) is 16.8. The van der Waals surface area contributed by atoms with E-state index in [1.165, 1.54) is 13.1 Å². The van der Waals surface area contributed by atoms with Gasteiger partial charge < -0.3 is 10.6 Å². The monoisotopic (exact) mass is 173 g/mol. The van der Waals surface area contributed by atoms with Gasteiger partial charge in [-0.3, -0.25) is 4.90 Å². The lowest BCUT2D eigenvalue weighted by molar-refractivity contribution is 0.182. The summed E-state index contributed by atoms with van der Waals surface area (Å²) in [6.45, 7) is 8.58. The second-order valence-corrected chi connectivity index (χ2v) is 2.90. The van der Waals surface area contributed by atoms with Gasteiger partial charge in [0.2, 0.25) is 0 Å². The second-order valence-electron chi connectivity index (χ2n) is 2.90. The number of hydrogen-bond acceptors (Lipinski definition) is 3. The van der Waals surface area contributed by atoms with Crippen molar-refractivity contribution in [1.82, 2.24) is 15.5 Å². The lowest BCUT2D eigenvalue weighted by Gasteiger charge is -2.35. The Kier molecular flexibility index (Phi) is 7.45. The Balaban J connectivity index is 0.000000561. The standard InChI is InChI=1S/C7H17N3.C2H6/c1-8-3-4-10(2)7-5-9-6-7;1-2/h7-9H,3-6H2,1-2H3;1-2H3. The zero-order valence-corrected chi connectivity index (χ0v) is 8.85. The molecule has 0 amide bonds. The van der Waals surface area contributed by atoms with E-state index < -0.39 is 0 Å². The quantitative estimate of drug-likeness (QED) is 0.633. The van der Waals surface area contributed by atoms with Crippen molar-refractivity contribution in [3.63, 3.8) is 0 Å². The minimum atomic E-state index is 0.786. The minimum absolute atomic E-state index is 0.786. The molecule has 0 aromatic heterocycles. The number of hydrogen-bond donors (Lipinski definition) is 2. The second kappa shape index (κ2) is 7.53. The summed E-state index contributed by atoms with van der Waals surface area (Å²) in [7, 11) is 4.18. The molecule has 0 aromatic carbocycles. The molecule has 0 atom stereocenters. The molecule has 3 nitrogen and oxygen atoms in total. The first-order valence-corrected chi connectivity index (χ1v) is 4.90. The van der Waals surface area contributed by atoms with Gasteiger partial charge in [-0.1, -0.05) is 13.8 Å². The van der Waals surface area contributed by atoms with Crippen LogP contribution in [0.25, 0.3) is 0 Å². The first-order chi connectivity index (χ1) is 5.84. The molecule has 0 aliphatic carbocycles. The Morgan fingerprint density at radius 2 is 2.00 bits per heavy atom. The van der Waals surface area contributed by atoms with Crippen LogP contribution in [0.4, 0.5) is 0 Å². The molecule has 1 aliphatic rings. The van der Waals surface area contributed by atoms with E-state index in [1.807, 2.05) is 20.9 Å². The van der Waals surface area contributed by atoms with Crippen molar-refractivity contribution < 1.29 is 0 Å². The maximum absolute atomic E-state index is 3.26. The van der Waals surface area contributed by atoms with Crippen molar-refractivity contribution in [1.29, 1.82) is 0 Å². The first-order valence-electron chi connectivity index (χ1n) is 4.90. The number of likely N-dealkylation sites (N-methyl/N-ethyl adjacent to an activating group) is 2. The van der Waals surface area contributed by atoms with Crippen molar-refractivity contribution in [3.05, 3.63) is 0 Å². The molecule has 1 saturated heterocycles. The Morgan fingerprint density at radius 1 is 1.42 bits per heavy atom. The molecule has 0 aromatic rings. The van der Waals surface area contributed by atoms with Crippen LogP contribution >= 0.6 is 0 Å². The summed E-state index contributed by atoms with van der Waals surface area (Å²) in [5.74, 6) is 0. The van der Waals surface area contributed by atoms with E-state index in [4.69, 9.17) is 0 Å². The topological polar surface area (TPSA) is 27.3 Å². The third kappa shape index (κ3) is 4.04. The van der Waals surface area contributed by atoms with E-state index in [1.54, 1.807) is 0 Å². The number of nitrogens with one attached hydrogen (secondary N) is 2. The van der Waals surface area contributed by atoms with Gasteiger partial charge in [0.15, 0.2) is 0 Å². The molecule has 1 rings (SSSR count). The van der Waals surface area contributed by atoms with E-state index in [-0.39, 0.29) is 0 Å². The van der Waals surface area contributed by atoms with Crippen LogP contribution in [0, 0.1) is 0 Å². The van der Waals surface area contributed by atoms with Gasteiger partial charge in [0.1, 0.15) is 0 Å². The molecule has 0 saturated carbocycles. The first kappa shape index (κ1) is 11.9. The maximum atomic E-state index is 3.26. The fourth-order valence-electron chi connectivity index (χ4n) is 1.06. The summed E-state index contributed by atoms with van der Waals surface area (Å²) in [6.07, 6.45) is 0. The highest BCUT2D eigenvalue weighted by molar-refractivity contribution is 4.82. The van der Waals surface area contributed by atoms with Gasteiger partial charge >= 0.3 is 0 Å². The predicted octanol–water partition coefficient (Wildman–Crippen LogP) is 0.136. The van der Waals surface area contributed by atoms with E-state index in [0.717, 1.165) is 19.1 Å². The van der Waals surface area contributed by atoms with Crippen LogP contribution in [-0.2, 0) is 0 Å². The molecule has 2 N–H and O–H groups in total. The van der Waals surface area contributed by atoms with Crippen LogP contribution in [0.1, 0.15) is 13.8 Å². The highest BCUT2D eigenvalue weighted by Crippen LogP contribution is 1.99. The summed E-state index contributed by atoms with van der Waals surface area (Å²) in [4.78, 5) is 2.40. The van der Waals surface area contributed by atoms with Crippen LogP contribution in [0.2, 0.25) is 0 Å². The molecule has 12 heavy (non-hydrogen) atoms. The molecule has 1 aliphatic heterocycles. The largest absolute Gasteiger partial charge is 0.318 e. The Bertz CT molecular complexity index is 91.8. The van der Waals surface area contributed by atoms with Crippen molar-refractivity contribution in [2.75, 3.05) is 40.3 Å². The van der Waals surface area contributed by atoms with Gasteiger partial charge in [-0.2, -0.15) is 0 Å². The molecule has 74 valence electrons. The van der Waals surface area contributed by atoms with Crippen molar-refractivity contribution in [3.8, 4) is 0 Å². The summed E-state index contributed by atoms with van der Waals surface area (Å²) in [5, 5.41) is 6.40. The molecule has 0 spiro atoms. The molecular formula is C9H23N3. The van der Waals surface area contributed by atoms with Gasteiger partial charge in [-0.05, 0) is 14.1 Å². The van der Waals surface area contributed by atoms with Gasteiger partial charge in [0.05, 0.1) is 0 Å².